The molecule has 0 radical (unpaired) electrons. The van der Waals surface area contributed by atoms with E-state index in [1.807, 2.05) is 9.47 Å². The summed E-state index contributed by atoms with van der Waals surface area (Å²) in [4.78, 5) is 10.7. The van der Waals surface area contributed by atoms with Crippen LogP contribution in [-0.4, -0.2) is 16.2 Å². The maximum atomic E-state index is 10.7. The van der Waals surface area contributed by atoms with Gasteiger partial charge in [0.05, 0.1) is 15.7 Å². The molecule has 54 valence electrons. The Balaban J connectivity index is 2.93. The number of rotatable bonds is 1. The first-order valence-corrected chi connectivity index (χ1v) is 2.92. The van der Waals surface area contributed by atoms with Gasteiger partial charge >= 0.3 is 5.97 Å². The molecule has 0 aromatic carbocycles. The maximum Gasteiger partial charge on any atom is 0.345 e. The lowest BCUT2D eigenvalue weighted by molar-refractivity contribution is 0.0767. The summed E-state index contributed by atoms with van der Waals surface area (Å²) >= 11 is 0. The number of nitrogens with two attached hydrogens (primary N) is 1. The lowest BCUT2D eigenvalue weighted by Gasteiger charge is -1.93. The molecule has 0 bridgehead atoms. The largest absolute Gasteiger partial charge is 0.448 e. The van der Waals surface area contributed by atoms with Gasteiger partial charge in [-0.2, -0.15) is 5.10 Å². The zero-order chi connectivity index (χ0) is 7.56. The first-order valence-electron chi connectivity index (χ1n) is 2.45. The van der Waals surface area contributed by atoms with Gasteiger partial charge in [-0.25, -0.2) is 4.79 Å². The minimum atomic E-state index is -0.517. The normalized spacial score (nSPS) is 9.30. The third-order valence-corrected chi connectivity index (χ3v) is 1.21. The summed E-state index contributed by atoms with van der Waals surface area (Å²) in [6.07, 6.45) is 1.31. The highest BCUT2D eigenvalue weighted by molar-refractivity contribution is 7.10. The number of anilines is 1. The summed E-state index contributed by atoms with van der Waals surface area (Å²) in [5, 5.41) is 5.93. The third-order valence-electron chi connectivity index (χ3n) is 0.996. The topological polar surface area (TPSA) is 81.0 Å². The van der Waals surface area contributed by atoms with Crippen molar-refractivity contribution in [2.75, 3.05) is 5.73 Å². The van der Waals surface area contributed by atoms with Gasteiger partial charge in [0.15, 0.2) is 0 Å². The lowest BCUT2D eigenvalue weighted by Crippen LogP contribution is -2.00. The molecule has 0 spiro atoms. The summed E-state index contributed by atoms with van der Waals surface area (Å²) in [5.41, 5.74) is 5.53. The van der Waals surface area contributed by atoms with Crippen LogP contribution in [0.5, 0.6) is 0 Å². The maximum absolute atomic E-state index is 10.7. The van der Waals surface area contributed by atoms with E-state index in [2.05, 4.69) is 14.7 Å². The quantitative estimate of drug-likeness (QED) is 0.562. The van der Waals surface area contributed by atoms with Crippen molar-refractivity contribution >= 4 is 21.3 Å². The van der Waals surface area contributed by atoms with Crippen LogP contribution in [0.2, 0.25) is 0 Å². The fourth-order valence-electron chi connectivity index (χ4n) is 0.522. The molecule has 0 saturated carbocycles. The Morgan fingerprint density at radius 1 is 1.90 bits per heavy atom. The molecule has 0 fully saturated rings. The van der Waals surface area contributed by atoms with E-state index >= 15 is 0 Å². The first-order chi connectivity index (χ1) is 4.75. The molecule has 0 amide bonds. The average Bonchev–Trinajstić information content (AvgIpc) is 2.34. The predicted octanol–water partition coefficient (Wildman–Crippen LogP) is -0.0612. The molecule has 6 heteroatoms. The average molecular weight is 159 g/mol. The number of aromatic nitrogens is 2. The van der Waals surface area contributed by atoms with Crippen molar-refractivity contribution in [3.05, 3.63) is 11.8 Å². The smallest absolute Gasteiger partial charge is 0.345 e. The molecule has 1 aromatic rings. The second-order valence-electron chi connectivity index (χ2n) is 1.60. The number of H-pyrrole nitrogens is 1. The number of hydrogen-bond acceptors (Lipinski definition) is 4. The summed E-state index contributed by atoms with van der Waals surface area (Å²) in [6, 6.07) is 0. The van der Waals surface area contributed by atoms with Crippen LogP contribution >= 0.6 is 9.47 Å². The number of aromatic amines is 1. The van der Waals surface area contributed by atoms with Gasteiger partial charge in [0, 0.05) is 0 Å². The van der Waals surface area contributed by atoms with Crippen LogP contribution in [0.25, 0.3) is 0 Å². The number of hydrogen-bond donors (Lipinski definition) is 2. The van der Waals surface area contributed by atoms with E-state index < -0.39 is 5.97 Å². The molecule has 5 nitrogen and oxygen atoms in total. The first kappa shape index (κ1) is 7.02. The Hall–Kier alpha value is -1.09. The van der Waals surface area contributed by atoms with Crippen molar-refractivity contribution in [3.63, 3.8) is 0 Å². The Morgan fingerprint density at radius 3 is 3.00 bits per heavy atom. The monoisotopic (exact) mass is 159 g/mol. The van der Waals surface area contributed by atoms with E-state index in [9.17, 15) is 4.79 Å². The van der Waals surface area contributed by atoms with Crippen LogP contribution in [-0.2, 0) is 4.52 Å². The lowest BCUT2D eigenvalue weighted by atomic mass is 10.3. The van der Waals surface area contributed by atoms with Gasteiger partial charge in [-0.05, 0) is 0 Å². The van der Waals surface area contributed by atoms with E-state index in [0.717, 1.165) is 0 Å². The highest BCUT2D eigenvalue weighted by atomic mass is 31.0. The minimum Gasteiger partial charge on any atom is -0.448 e. The Morgan fingerprint density at radius 2 is 2.60 bits per heavy atom. The second-order valence-corrected chi connectivity index (χ2v) is 1.84. The molecule has 0 saturated heterocycles. The summed E-state index contributed by atoms with van der Waals surface area (Å²) < 4.78 is 4.31. The van der Waals surface area contributed by atoms with Crippen LogP contribution < -0.4 is 5.73 Å². The van der Waals surface area contributed by atoms with E-state index in [4.69, 9.17) is 5.73 Å². The number of nitrogen functional groups attached to an aromatic ring is 1. The fraction of sp³-hybridized carbons (Fsp3) is 0. The molecule has 1 unspecified atom stereocenters. The van der Waals surface area contributed by atoms with Gasteiger partial charge < -0.3 is 10.3 Å². The molecule has 0 aliphatic rings. The third kappa shape index (κ3) is 1.09. The summed E-state index contributed by atoms with van der Waals surface area (Å²) in [7, 11) is 1.84. The standard InChI is InChI=1S/C4H6N3O2P/c5-3-2(1-6-7-3)4(8)9-10/h1H,10H2,(H3,5,6,7). The van der Waals surface area contributed by atoms with Crippen molar-refractivity contribution < 1.29 is 9.32 Å². The van der Waals surface area contributed by atoms with Crippen LogP contribution in [0, 0.1) is 0 Å². The highest BCUT2D eigenvalue weighted by Crippen LogP contribution is 2.08. The second kappa shape index (κ2) is 2.66. The highest BCUT2D eigenvalue weighted by Gasteiger charge is 2.10. The molecule has 10 heavy (non-hydrogen) atoms. The zero-order valence-electron chi connectivity index (χ0n) is 5.00. The van der Waals surface area contributed by atoms with Gasteiger partial charge in [-0.15, -0.1) is 0 Å². The molecular formula is C4H6N3O2P. The van der Waals surface area contributed by atoms with Crippen molar-refractivity contribution in [1.82, 2.24) is 10.2 Å². The van der Waals surface area contributed by atoms with Crippen LogP contribution in [0.3, 0.4) is 0 Å². The molecule has 0 aliphatic heterocycles. The molecule has 1 rings (SSSR count). The Labute approximate surface area is 59.2 Å². The van der Waals surface area contributed by atoms with Crippen LogP contribution in [0.1, 0.15) is 10.4 Å². The number of nitrogens with one attached hydrogen (secondary N) is 1. The van der Waals surface area contributed by atoms with Crippen LogP contribution in [0.15, 0.2) is 6.20 Å². The van der Waals surface area contributed by atoms with E-state index in [1.165, 1.54) is 6.20 Å². The fourth-order valence-corrected chi connectivity index (χ4v) is 0.649. The predicted molar refractivity (Wildman–Crippen MR) is 38.1 cm³/mol. The van der Waals surface area contributed by atoms with Crippen molar-refractivity contribution in [3.8, 4) is 0 Å². The molecule has 0 aliphatic carbocycles. The molecule has 1 heterocycles. The van der Waals surface area contributed by atoms with Gasteiger partial charge in [-0.1, -0.05) is 0 Å². The van der Waals surface area contributed by atoms with Crippen molar-refractivity contribution in [1.29, 1.82) is 0 Å². The van der Waals surface area contributed by atoms with Crippen molar-refractivity contribution in [2.24, 2.45) is 0 Å². The zero-order valence-corrected chi connectivity index (χ0v) is 6.15. The summed E-state index contributed by atoms with van der Waals surface area (Å²) in [6.45, 7) is 0. The molecule has 1 atom stereocenters. The minimum absolute atomic E-state index is 0.215. The van der Waals surface area contributed by atoms with Crippen molar-refractivity contribution in [2.45, 2.75) is 0 Å². The molecule has 1 aromatic heterocycles. The Bertz CT molecular complexity index is 246. The van der Waals surface area contributed by atoms with E-state index in [0.29, 0.717) is 0 Å². The van der Waals surface area contributed by atoms with Crippen LogP contribution in [0.4, 0.5) is 5.82 Å². The molecule has 3 N–H and O–H groups in total. The van der Waals surface area contributed by atoms with Gasteiger partial charge in [0.1, 0.15) is 11.4 Å². The van der Waals surface area contributed by atoms with E-state index in [1.54, 1.807) is 0 Å². The van der Waals surface area contributed by atoms with Gasteiger partial charge in [0.2, 0.25) is 0 Å². The van der Waals surface area contributed by atoms with E-state index in [-0.39, 0.29) is 11.4 Å². The SMILES string of the molecule is Nc1[nH]ncc1C(=O)OP. The number of carbonyl (C=O) groups is 1. The number of carbonyl (C=O) groups excluding carboxylic acids is 1. The van der Waals surface area contributed by atoms with Gasteiger partial charge in [-0.3, -0.25) is 5.10 Å². The van der Waals surface area contributed by atoms with Gasteiger partial charge in [0.25, 0.3) is 0 Å². The summed E-state index contributed by atoms with van der Waals surface area (Å²) in [5.74, 6) is -0.302. The Kier molecular flexibility index (Phi) is 1.87. The molecular weight excluding hydrogens is 153 g/mol. The number of nitrogens with zero attached hydrogens (tertiary/aromatic N) is 1.